The lowest BCUT2D eigenvalue weighted by atomic mass is 10.0. The third-order valence-corrected chi connectivity index (χ3v) is 1.80. The summed E-state index contributed by atoms with van der Waals surface area (Å²) in [5.74, 6) is 0. The molecule has 0 saturated carbocycles. The van der Waals surface area contributed by atoms with Crippen molar-refractivity contribution in [3.05, 3.63) is 0 Å². The van der Waals surface area contributed by atoms with Crippen molar-refractivity contribution in [2.75, 3.05) is 0 Å². The van der Waals surface area contributed by atoms with Crippen molar-refractivity contribution in [2.24, 2.45) is 5.73 Å². The third kappa shape index (κ3) is 1.46. The van der Waals surface area contributed by atoms with E-state index in [1.165, 1.54) is 0 Å². The number of hydrogen-bond acceptors (Lipinski definition) is 4. The van der Waals surface area contributed by atoms with E-state index >= 15 is 0 Å². The van der Waals surface area contributed by atoms with Crippen LogP contribution >= 0.6 is 0 Å². The van der Waals surface area contributed by atoms with Crippen LogP contribution in [0, 0.1) is 0 Å². The van der Waals surface area contributed by atoms with Crippen molar-refractivity contribution in [3.8, 4) is 0 Å². The molecule has 1 aliphatic rings. The summed E-state index contributed by atoms with van der Waals surface area (Å²) >= 11 is 0. The Balaban J connectivity index is 2.49. The van der Waals surface area contributed by atoms with Crippen molar-refractivity contribution < 1.29 is 14.9 Å². The minimum absolute atomic E-state index is 0.214. The van der Waals surface area contributed by atoms with Crippen LogP contribution in [0.2, 0.25) is 0 Å². The molecule has 0 aromatic rings. The average Bonchev–Trinajstić information content (AvgIpc) is 1.82. The highest BCUT2D eigenvalue weighted by atomic mass is 16.6. The lowest BCUT2D eigenvalue weighted by Gasteiger charge is -2.33. The van der Waals surface area contributed by atoms with E-state index in [0.717, 1.165) is 0 Å². The Morgan fingerprint density at radius 3 is 2.60 bits per heavy atom. The van der Waals surface area contributed by atoms with E-state index in [0.29, 0.717) is 0 Å². The fourth-order valence-corrected chi connectivity index (χ4v) is 1.07. The zero-order valence-electron chi connectivity index (χ0n) is 5.90. The molecule has 0 spiro atoms. The molecule has 1 rings (SSSR count). The molecule has 1 fully saturated rings. The summed E-state index contributed by atoms with van der Waals surface area (Å²) < 4.78 is 4.94. The summed E-state index contributed by atoms with van der Waals surface area (Å²) in [6, 6.07) is -0.372. The summed E-state index contributed by atoms with van der Waals surface area (Å²) in [6.07, 6.45) is -1.55. The number of nitrogens with two attached hydrogens (primary N) is 1. The van der Waals surface area contributed by atoms with Gasteiger partial charge in [0.05, 0.1) is 18.2 Å². The first-order chi connectivity index (χ1) is 4.61. The van der Waals surface area contributed by atoms with E-state index in [9.17, 15) is 0 Å². The van der Waals surface area contributed by atoms with Crippen molar-refractivity contribution in [1.82, 2.24) is 0 Å². The van der Waals surface area contributed by atoms with Crippen LogP contribution in [-0.2, 0) is 4.74 Å². The number of aliphatic hydroxyl groups is 2. The van der Waals surface area contributed by atoms with Gasteiger partial charge in [0.2, 0.25) is 0 Å². The molecule has 0 aromatic heterocycles. The first kappa shape index (κ1) is 7.94. The second-order valence-corrected chi connectivity index (χ2v) is 2.68. The van der Waals surface area contributed by atoms with Gasteiger partial charge in [-0.2, -0.15) is 0 Å². The fraction of sp³-hybridized carbons (Fsp3) is 1.00. The zero-order valence-corrected chi connectivity index (χ0v) is 5.90. The predicted octanol–water partition coefficient (Wildman–Crippen LogP) is -1.20. The Kier molecular flexibility index (Phi) is 2.25. The minimum atomic E-state index is -0.857. The molecule has 4 atom stereocenters. The van der Waals surface area contributed by atoms with E-state index < -0.39 is 12.4 Å². The van der Waals surface area contributed by atoms with Gasteiger partial charge in [0, 0.05) is 6.42 Å². The van der Waals surface area contributed by atoms with Gasteiger partial charge in [0.1, 0.15) is 0 Å². The van der Waals surface area contributed by atoms with Gasteiger partial charge in [-0.3, -0.25) is 0 Å². The number of rotatable bonds is 0. The Hall–Kier alpha value is -0.160. The van der Waals surface area contributed by atoms with Crippen LogP contribution in [0.25, 0.3) is 0 Å². The molecule has 4 heteroatoms. The first-order valence-corrected chi connectivity index (χ1v) is 3.38. The van der Waals surface area contributed by atoms with Crippen molar-refractivity contribution in [1.29, 1.82) is 0 Å². The first-order valence-electron chi connectivity index (χ1n) is 3.38. The molecule has 1 heterocycles. The van der Waals surface area contributed by atoms with Gasteiger partial charge in [-0.1, -0.05) is 0 Å². The Morgan fingerprint density at radius 2 is 2.10 bits per heavy atom. The molecule has 1 aliphatic heterocycles. The van der Waals surface area contributed by atoms with E-state index in [1.807, 2.05) is 0 Å². The van der Waals surface area contributed by atoms with E-state index in [4.69, 9.17) is 20.7 Å². The maximum absolute atomic E-state index is 9.15. The van der Waals surface area contributed by atoms with Gasteiger partial charge in [0.15, 0.2) is 6.29 Å². The molecule has 0 radical (unpaired) electrons. The molecule has 0 amide bonds. The molecule has 4 N–H and O–H groups in total. The van der Waals surface area contributed by atoms with Gasteiger partial charge in [-0.25, -0.2) is 0 Å². The van der Waals surface area contributed by atoms with Gasteiger partial charge in [-0.15, -0.1) is 0 Å². The smallest absolute Gasteiger partial charge is 0.157 e. The number of ether oxygens (including phenoxy) is 1. The van der Waals surface area contributed by atoms with Crippen LogP contribution in [0.4, 0.5) is 0 Å². The van der Waals surface area contributed by atoms with Crippen LogP contribution in [0.5, 0.6) is 0 Å². The van der Waals surface area contributed by atoms with Crippen LogP contribution in [0.3, 0.4) is 0 Å². The summed E-state index contributed by atoms with van der Waals surface area (Å²) in [7, 11) is 0. The normalized spacial score (nSPS) is 49.2. The summed E-state index contributed by atoms with van der Waals surface area (Å²) in [6.45, 7) is 1.73. The highest BCUT2D eigenvalue weighted by Gasteiger charge is 2.31. The second kappa shape index (κ2) is 2.84. The van der Waals surface area contributed by atoms with Gasteiger partial charge >= 0.3 is 0 Å². The highest BCUT2D eigenvalue weighted by molar-refractivity contribution is 4.82. The van der Waals surface area contributed by atoms with Crippen LogP contribution < -0.4 is 5.73 Å². The molecule has 0 bridgehead atoms. The van der Waals surface area contributed by atoms with E-state index in [1.54, 1.807) is 6.92 Å². The Labute approximate surface area is 59.6 Å². The molecule has 10 heavy (non-hydrogen) atoms. The largest absolute Gasteiger partial charge is 0.391 e. The van der Waals surface area contributed by atoms with Crippen molar-refractivity contribution >= 4 is 0 Å². The molecule has 1 unspecified atom stereocenters. The third-order valence-electron chi connectivity index (χ3n) is 1.80. The van der Waals surface area contributed by atoms with Crippen LogP contribution in [0.1, 0.15) is 13.3 Å². The SMILES string of the molecule is C[C@H]1OC(O)C[C@@H](O)[C@H]1N. The molecular weight excluding hydrogens is 134 g/mol. The molecule has 0 aliphatic carbocycles. The fourth-order valence-electron chi connectivity index (χ4n) is 1.07. The molecular formula is C6H13NO3. The van der Waals surface area contributed by atoms with Gasteiger partial charge in [-0.05, 0) is 6.92 Å². The molecule has 1 saturated heterocycles. The summed E-state index contributed by atoms with van der Waals surface area (Å²) in [5.41, 5.74) is 5.50. The van der Waals surface area contributed by atoms with E-state index in [-0.39, 0.29) is 18.6 Å². The van der Waals surface area contributed by atoms with Crippen LogP contribution in [-0.4, -0.2) is 34.8 Å². The van der Waals surface area contributed by atoms with E-state index in [2.05, 4.69) is 0 Å². The minimum Gasteiger partial charge on any atom is -0.391 e. The highest BCUT2D eigenvalue weighted by Crippen LogP contribution is 2.16. The zero-order chi connectivity index (χ0) is 7.72. The van der Waals surface area contributed by atoms with Crippen molar-refractivity contribution in [2.45, 2.75) is 37.9 Å². The van der Waals surface area contributed by atoms with Gasteiger partial charge < -0.3 is 20.7 Å². The lowest BCUT2D eigenvalue weighted by molar-refractivity contribution is -0.191. The number of hydrogen-bond donors (Lipinski definition) is 3. The molecule has 4 nitrogen and oxygen atoms in total. The maximum Gasteiger partial charge on any atom is 0.157 e. The van der Waals surface area contributed by atoms with Crippen LogP contribution in [0.15, 0.2) is 0 Å². The summed E-state index contributed by atoms with van der Waals surface area (Å²) in [4.78, 5) is 0. The van der Waals surface area contributed by atoms with Gasteiger partial charge in [0.25, 0.3) is 0 Å². The second-order valence-electron chi connectivity index (χ2n) is 2.68. The summed E-state index contributed by atoms with van der Waals surface area (Å²) in [5, 5.41) is 18.1. The quantitative estimate of drug-likeness (QED) is 0.402. The average molecular weight is 147 g/mol. The standard InChI is InChI=1S/C6H13NO3/c1-3-6(7)4(8)2-5(9)10-3/h3-6,8-9H,2,7H2,1H3/t3-,4-,5?,6+/m1/s1. The monoisotopic (exact) mass is 147 g/mol. The molecule has 0 aromatic carbocycles. The maximum atomic E-state index is 9.15. The Bertz CT molecular complexity index is 108. The Morgan fingerprint density at radius 1 is 1.50 bits per heavy atom. The molecule has 60 valence electrons. The topological polar surface area (TPSA) is 75.7 Å². The number of aliphatic hydroxyl groups excluding tert-OH is 2. The lowest BCUT2D eigenvalue weighted by Crippen LogP contribution is -2.51. The predicted molar refractivity (Wildman–Crippen MR) is 35.2 cm³/mol. The van der Waals surface area contributed by atoms with Crippen molar-refractivity contribution in [3.63, 3.8) is 0 Å².